The van der Waals surface area contributed by atoms with Gasteiger partial charge in [-0.1, -0.05) is 12.1 Å². The predicted octanol–water partition coefficient (Wildman–Crippen LogP) is 1.72. The van der Waals surface area contributed by atoms with Crippen molar-refractivity contribution in [3.63, 3.8) is 0 Å². The standard InChI is InChI=1S/C20H24N6O2/c1-28-11-19-24-16(12-8-13(21)9-12)10-18(25-19)22-7-6-17-23-15-5-3-2-4-14(15)20(27)26-17/h2-5,10,12-13H,6-9,11,21H2,1H3,(H,22,24,25)(H,23,26,27). The molecule has 2 aromatic heterocycles. The van der Waals surface area contributed by atoms with E-state index >= 15 is 0 Å². The number of hydrogen-bond acceptors (Lipinski definition) is 7. The molecular weight excluding hydrogens is 356 g/mol. The Kier molecular flexibility index (Phi) is 5.31. The molecule has 0 saturated heterocycles. The molecule has 3 aromatic rings. The monoisotopic (exact) mass is 380 g/mol. The number of nitrogens with zero attached hydrogens (tertiary/aromatic N) is 3. The summed E-state index contributed by atoms with van der Waals surface area (Å²) in [7, 11) is 1.63. The lowest BCUT2D eigenvalue weighted by Gasteiger charge is -2.32. The highest BCUT2D eigenvalue weighted by atomic mass is 16.5. The maximum absolute atomic E-state index is 12.2. The minimum Gasteiger partial charge on any atom is -0.377 e. The molecular formula is C20H24N6O2. The fourth-order valence-corrected chi connectivity index (χ4v) is 3.48. The van der Waals surface area contributed by atoms with Crippen molar-refractivity contribution < 1.29 is 4.74 Å². The molecule has 0 bridgehead atoms. The number of fused-ring (bicyclic) bond motifs is 1. The van der Waals surface area contributed by atoms with Gasteiger partial charge in [0, 0.05) is 43.8 Å². The molecule has 146 valence electrons. The van der Waals surface area contributed by atoms with E-state index in [4.69, 9.17) is 10.5 Å². The topological polar surface area (TPSA) is 119 Å². The summed E-state index contributed by atoms with van der Waals surface area (Å²) in [6.45, 7) is 0.954. The van der Waals surface area contributed by atoms with Crippen LogP contribution in [0.15, 0.2) is 35.1 Å². The molecule has 0 aliphatic heterocycles. The maximum Gasteiger partial charge on any atom is 0.258 e. The Morgan fingerprint density at radius 1 is 1.25 bits per heavy atom. The van der Waals surface area contributed by atoms with Crippen molar-refractivity contribution in [3.05, 3.63) is 58.0 Å². The van der Waals surface area contributed by atoms with Gasteiger partial charge in [-0.05, 0) is 25.0 Å². The number of anilines is 1. The van der Waals surface area contributed by atoms with Gasteiger partial charge in [0.05, 0.1) is 10.9 Å². The minimum atomic E-state index is -0.117. The quantitative estimate of drug-likeness (QED) is 0.571. The third-order valence-electron chi connectivity index (χ3n) is 4.99. The summed E-state index contributed by atoms with van der Waals surface area (Å²) >= 11 is 0. The van der Waals surface area contributed by atoms with Crippen LogP contribution in [0.25, 0.3) is 10.9 Å². The first-order valence-electron chi connectivity index (χ1n) is 9.46. The van der Waals surface area contributed by atoms with E-state index in [1.165, 1.54) is 0 Å². The summed E-state index contributed by atoms with van der Waals surface area (Å²) < 4.78 is 5.19. The van der Waals surface area contributed by atoms with E-state index in [0.717, 1.165) is 24.4 Å². The summed E-state index contributed by atoms with van der Waals surface area (Å²) in [6.07, 6.45) is 2.48. The normalized spacial score (nSPS) is 18.8. The molecule has 0 spiro atoms. The number of rotatable bonds is 7. The van der Waals surface area contributed by atoms with Gasteiger partial charge >= 0.3 is 0 Å². The smallest absolute Gasteiger partial charge is 0.258 e. The number of nitrogens with two attached hydrogens (primary N) is 1. The van der Waals surface area contributed by atoms with Gasteiger partial charge in [-0.2, -0.15) is 0 Å². The van der Waals surface area contributed by atoms with E-state index < -0.39 is 0 Å². The molecule has 0 atom stereocenters. The fraction of sp³-hybridized carbons (Fsp3) is 0.400. The Labute approximate surface area is 162 Å². The Morgan fingerprint density at radius 3 is 2.86 bits per heavy atom. The van der Waals surface area contributed by atoms with Crippen molar-refractivity contribution >= 4 is 16.7 Å². The van der Waals surface area contributed by atoms with Crippen molar-refractivity contribution in [1.82, 2.24) is 19.9 Å². The predicted molar refractivity (Wildman–Crippen MR) is 107 cm³/mol. The van der Waals surface area contributed by atoms with Gasteiger partial charge in [0.15, 0.2) is 5.82 Å². The lowest BCUT2D eigenvalue weighted by molar-refractivity contribution is 0.177. The Hall–Kier alpha value is -2.84. The summed E-state index contributed by atoms with van der Waals surface area (Å²) in [5, 5.41) is 3.91. The summed E-state index contributed by atoms with van der Waals surface area (Å²) in [5.41, 5.74) is 7.51. The molecule has 4 rings (SSSR count). The molecule has 0 radical (unpaired) electrons. The van der Waals surface area contributed by atoms with Gasteiger partial charge in [-0.15, -0.1) is 0 Å². The number of ether oxygens (including phenoxy) is 1. The van der Waals surface area contributed by atoms with E-state index in [9.17, 15) is 4.79 Å². The van der Waals surface area contributed by atoms with Gasteiger partial charge in [-0.25, -0.2) is 15.0 Å². The van der Waals surface area contributed by atoms with Crippen LogP contribution in [0.4, 0.5) is 5.82 Å². The average molecular weight is 380 g/mol. The molecule has 28 heavy (non-hydrogen) atoms. The number of methoxy groups -OCH3 is 1. The van der Waals surface area contributed by atoms with E-state index in [-0.39, 0.29) is 11.6 Å². The van der Waals surface area contributed by atoms with Gasteiger partial charge in [0.2, 0.25) is 0 Å². The zero-order valence-corrected chi connectivity index (χ0v) is 15.8. The molecule has 4 N–H and O–H groups in total. The molecule has 1 saturated carbocycles. The van der Waals surface area contributed by atoms with E-state index in [2.05, 4.69) is 25.3 Å². The first kappa shape index (κ1) is 18.5. The summed E-state index contributed by atoms with van der Waals surface area (Å²) in [5.74, 6) is 2.43. The maximum atomic E-state index is 12.2. The Morgan fingerprint density at radius 2 is 2.07 bits per heavy atom. The highest BCUT2D eigenvalue weighted by molar-refractivity contribution is 5.77. The zero-order chi connectivity index (χ0) is 19.5. The second kappa shape index (κ2) is 8.04. The van der Waals surface area contributed by atoms with Crippen molar-refractivity contribution in [1.29, 1.82) is 0 Å². The van der Waals surface area contributed by atoms with Crippen LogP contribution in [0.1, 0.15) is 36.1 Å². The molecule has 1 fully saturated rings. The molecule has 8 heteroatoms. The number of hydrogen-bond donors (Lipinski definition) is 3. The van der Waals surface area contributed by atoms with Crippen LogP contribution >= 0.6 is 0 Å². The number of benzene rings is 1. The van der Waals surface area contributed by atoms with Crippen LogP contribution in [0.3, 0.4) is 0 Å². The van der Waals surface area contributed by atoms with E-state index in [0.29, 0.717) is 48.0 Å². The molecule has 8 nitrogen and oxygen atoms in total. The lowest BCUT2D eigenvalue weighted by Crippen LogP contribution is -2.35. The van der Waals surface area contributed by atoms with Crippen LogP contribution in [-0.4, -0.2) is 39.6 Å². The number of aromatic amines is 1. The molecule has 0 amide bonds. The average Bonchev–Trinajstić information content (AvgIpc) is 2.66. The van der Waals surface area contributed by atoms with Crippen molar-refractivity contribution in [2.75, 3.05) is 19.0 Å². The van der Waals surface area contributed by atoms with Gasteiger partial charge in [0.25, 0.3) is 5.56 Å². The summed E-state index contributed by atoms with van der Waals surface area (Å²) in [6, 6.07) is 9.57. The fourth-order valence-electron chi connectivity index (χ4n) is 3.48. The van der Waals surface area contributed by atoms with E-state index in [1.807, 2.05) is 24.3 Å². The lowest BCUT2D eigenvalue weighted by atomic mass is 9.78. The van der Waals surface area contributed by atoms with Gasteiger partial charge in [-0.3, -0.25) is 4.79 Å². The third-order valence-corrected chi connectivity index (χ3v) is 4.99. The van der Waals surface area contributed by atoms with Crippen LogP contribution in [0, 0.1) is 0 Å². The Balaban J connectivity index is 1.46. The van der Waals surface area contributed by atoms with Crippen LogP contribution in [0.2, 0.25) is 0 Å². The zero-order valence-electron chi connectivity index (χ0n) is 15.8. The largest absolute Gasteiger partial charge is 0.377 e. The molecule has 0 unspecified atom stereocenters. The molecule has 2 heterocycles. The van der Waals surface area contributed by atoms with Crippen molar-refractivity contribution in [2.24, 2.45) is 5.73 Å². The highest BCUT2D eigenvalue weighted by Gasteiger charge is 2.29. The van der Waals surface area contributed by atoms with Crippen molar-refractivity contribution in [2.45, 2.75) is 37.8 Å². The minimum absolute atomic E-state index is 0.117. The van der Waals surface area contributed by atoms with E-state index in [1.54, 1.807) is 13.2 Å². The van der Waals surface area contributed by atoms with Gasteiger partial charge in [0.1, 0.15) is 18.2 Å². The second-order valence-electron chi connectivity index (χ2n) is 7.16. The second-order valence-corrected chi connectivity index (χ2v) is 7.16. The van der Waals surface area contributed by atoms with Crippen LogP contribution < -0.4 is 16.6 Å². The Bertz CT molecular complexity index is 1030. The SMILES string of the molecule is COCc1nc(NCCc2nc3ccccc3c(=O)[nH]2)cc(C2CC(N)C2)n1. The number of aromatic nitrogens is 4. The first-order chi connectivity index (χ1) is 13.6. The number of H-pyrrole nitrogens is 1. The highest BCUT2D eigenvalue weighted by Crippen LogP contribution is 2.35. The first-order valence-corrected chi connectivity index (χ1v) is 9.46. The van der Waals surface area contributed by atoms with Crippen molar-refractivity contribution in [3.8, 4) is 0 Å². The van der Waals surface area contributed by atoms with Crippen LogP contribution in [-0.2, 0) is 17.8 Å². The molecule has 1 aliphatic rings. The molecule has 1 aliphatic carbocycles. The van der Waals surface area contributed by atoms with Crippen LogP contribution in [0.5, 0.6) is 0 Å². The molecule has 1 aromatic carbocycles. The number of para-hydroxylation sites is 1. The summed E-state index contributed by atoms with van der Waals surface area (Å²) in [4.78, 5) is 28.7. The number of nitrogens with one attached hydrogen (secondary N) is 2. The van der Waals surface area contributed by atoms with Gasteiger partial charge < -0.3 is 20.8 Å². The third kappa shape index (κ3) is 4.02.